The minimum Gasteiger partial charge on any atom is -0.395 e. The SMILES string of the molecule is O=C(CC1=CC2CCC(C1)N2)NS(=O)(=O)c1cccc2c1OC(F)(F)O2. The van der Waals surface area contributed by atoms with Crippen LogP contribution in [0.4, 0.5) is 8.78 Å². The number of amides is 1. The Morgan fingerprint density at radius 1 is 1.31 bits per heavy atom. The minimum absolute atomic E-state index is 0.0591. The van der Waals surface area contributed by atoms with Gasteiger partial charge in [0.25, 0.3) is 10.0 Å². The fourth-order valence-corrected chi connectivity index (χ4v) is 4.67. The van der Waals surface area contributed by atoms with Gasteiger partial charge in [0, 0.05) is 18.5 Å². The van der Waals surface area contributed by atoms with Gasteiger partial charge in [-0.1, -0.05) is 17.7 Å². The predicted molar refractivity (Wildman–Crippen MR) is 85.2 cm³/mol. The van der Waals surface area contributed by atoms with Gasteiger partial charge in [0.2, 0.25) is 5.91 Å². The Morgan fingerprint density at radius 2 is 2.12 bits per heavy atom. The molecule has 2 N–H and O–H groups in total. The first-order valence-corrected chi connectivity index (χ1v) is 9.60. The van der Waals surface area contributed by atoms with E-state index in [1.165, 1.54) is 6.07 Å². The maximum Gasteiger partial charge on any atom is 0.586 e. The molecule has 4 rings (SSSR count). The van der Waals surface area contributed by atoms with Gasteiger partial charge in [-0.25, -0.2) is 13.1 Å². The number of halogens is 2. The molecule has 140 valence electrons. The van der Waals surface area contributed by atoms with Crippen LogP contribution in [-0.2, 0) is 14.8 Å². The Hall–Kier alpha value is -2.20. The lowest BCUT2D eigenvalue weighted by Crippen LogP contribution is -2.35. The van der Waals surface area contributed by atoms with Crippen LogP contribution in [-0.4, -0.2) is 32.7 Å². The van der Waals surface area contributed by atoms with E-state index in [1.807, 2.05) is 10.8 Å². The van der Waals surface area contributed by atoms with Crippen LogP contribution in [0.25, 0.3) is 0 Å². The van der Waals surface area contributed by atoms with Crippen molar-refractivity contribution in [2.24, 2.45) is 0 Å². The summed E-state index contributed by atoms with van der Waals surface area (Å²) in [5.41, 5.74) is 0.869. The summed E-state index contributed by atoms with van der Waals surface area (Å²) in [5, 5.41) is 3.38. The molecule has 1 aromatic rings. The van der Waals surface area contributed by atoms with Gasteiger partial charge in [-0.05, 0) is 31.4 Å². The van der Waals surface area contributed by atoms with E-state index >= 15 is 0 Å². The number of alkyl halides is 2. The van der Waals surface area contributed by atoms with E-state index in [2.05, 4.69) is 14.8 Å². The molecule has 1 saturated heterocycles. The van der Waals surface area contributed by atoms with E-state index in [9.17, 15) is 22.0 Å². The first-order valence-electron chi connectivity index (χ1n) is 8.12. The van der Waals surface area contributed by atoms with Crippen molar-refractivity contribution in [1.82, 2.24) is 10.0 Å². The van der Waals surface area contributed by atoms with Crippen LogP contribution in [0.1, 0.15) is 25.7 Å². The van der Waals surface area contributed by atoms with Gasteiger partial charge in [-0.3, -0.25) is 4.79 Å². The van der Waals surface area contributed by atoms with E-state index in [0.29, 0.717) is 12.5 Å². The Bertz CT molecular complexity index is 900. The van der Waals surface area contributed by atoms with E-state index in [0.717, 1.165) is 30.5 Å². The van der Waals surface area contributed by atoms with Crippen molar-refractivity contribution in [2.75, 3.05) is 0 Å². The number of para-hydroxylation sites is 1. The second-order valence-electron chi connectivity index (χ2n) is 6.53. The zero-order valence-electron chi connectivity index (χ0n) is 13.5. The Morgan fingerprint density at radius 3 is 2.88 bits per heavy atom. The second-order valence-corrected chi connectivity index (χ2v) is 8.18. The molecule has 2 atom stereocenters. The van der Waals surface area contributed by atoms with Crippen molar-refractivity contribution in [3.63, 3.8) is 0 Å². The molecular weight excluding hydrogens is 370 g/mol. The molecule has 2 unspecified atom stereocenters. The summed E-state index contributed by atoms with van der Waals surface area (Å²) in [6.07, 6.45) is 0.650. The van der Waals surface area contributed by atoms with Gasteiger partial charge < -0.3 is 14.8 Å². The summed E-state index contributed by atoms with van der Waals surface area (Å²) in [6, 6.07) is 4.00. The summed E-state index contributed by atoms with van der Waals surface area (Å²) in [6.45, 7) is 0. The highest BCUT2D eigenvalue weighted by atomic mass is 32.2. The summed E-state index contributed by atoms with van der Waals surface area (Å²) in [5.74, 6) is -1.74. The minimum atomic E-state index is -4.38. The molecule has 26 heavy (non-hydrogen) atoms. The van der Waals surface area contributed by atoms with Crippen LogP contribution in [0.15, 0.2) is 34.7 Å². The molecule has 0 saturated carbocycles. The number of carbonyl (C=O) groups excluding carboxylic acids is 1. The third-order valence-corrected chi connectivity index (χ3v) is 5.94. The lowest BCUT2D eigenvalue weighted by Gasteiger charge is -2.21. The number of hydrogen-bond acceptors (Lipinski definition) is 6. The van der Waals surface area contributed by atoms with Crippen molar-refractivity contribution < 1.29 is 31.5 Å². The number of carbonyl (C=O) groups is 1. The van der Waals surface area contributed by atoms with Crippen molar-refractivity contribution in [3.8, 4) is 11.5 Å². The highest BCUT2D eigenvalue weighted by Crippen LogP contribution is 2.44. The molecule has 7 nitrogen and oxygen atoms in total. The number of ether oxygens (including phenoxy) is 2. The first-order chi connectivity index (χ1) is 12.2. The van der Waals surface area contributed by atoms with Crippen LogP contribution < -0.4 is 19.5 Å². The molecule has 3 heterocycles. The Kier molecular flexibility index (Phi) is 3.92. The quantitative estimate of drug-likeness (QED) is 0.765. The zero-order chi connectivity index (χ0) is 18.5. The van der Waals surface area contributed by atoms with E-state index in [4.69, 9.17) is 0 Å². The molecule has 2 bridgehead atoms. The summed E-state index contributed by atoms with van der Waals surface area (Å²) >= 11 is 0. The maximum atomic E-state index is 13.2. The smallest absolute Gasteiger partial charge is 0.395 e. The van der Waals surface area contributed by atoms with Crippen molar-refractivity contribution >= 4 is 15.9 Å². The number of rotatable bonds is 4. The van der Waals surface area contributed by atoms with Gasteiger partial charge in [0.1, 0.15) is 4.90 Å². The lowest BCUT2D eigenvalue weighted by atomic mass is 10.0. The predicted octanol–water partition coefficient (Wildman–Crippen LogP) is 1.65. The molecule has 1 aromatic carbocycles. The summed E-state index contributed by atoms with van der Waals surface area (Å²) in [4.78, 5) is 11.6. The molecule has 0 aromatic heterocycles. The lowest BCUT2D eigenvalue weighted by molar-refractivity contribution is -0.287. The third kappa shape index (κ3) is 3.26. The van der Waals surface area contributed by atoms with Crippen LogP contribution in [0.2, 0.25) is 0 Å². The highest BCUT2D eigenvalue weighted by Gasteiger charge is 2.46. The first kappa shape index (κ1) is 17.2. The average Bonchev–Trinajstić information content (AvgIpc) is 3.02. The fraction of sp³-hybridized carbons (Fsp3) is 0.438. The molecule has 10 heteroatoms. The standard InChI is InChI=1S/C16H16F2N2O5S/c17-16(18)24-12-2-1-3-13(15(12)25-16)26(22,23)20-14(21)8-9-6-10-4-5-11(7-9)19-10/h1-3,6,10-11,19H,4-5,7-8H2,(H,20,21). The van der Waals surface area contributed by atoms with Gasteiger partial charge in [0.15, 0.2) is 11.5 Å². The van der Waals surface area contributed by atoms with Crippen LogP contribution >= 0.6 is 0 Å². The highest BCUT2D eigenvalue weighted by molar-refractivity contribution is 7.90. The molecule has 0 aliphatic carbocycles. The van der Waals surface area contributed by atoms with Crippen LogP contribution in [0.5, 0.6) is 11.5 Å². The maximum absolute atomic E-state index is 13.2. The second kappa shape index (κ2) is 5.92. The van der Waals surface area contributed by atoms with Crippen molar-refractivity contribution in [3.05, 3.63) is 29.8 Å². The van der Waals surface area contributed by atoms with Crippen LogP contribution in [0, 0.1) is 0 Å². The van der Waals surface area contributed by atoms with Crippen LogP contribution in [0.3, 0.4) is 0 Å². The van der Waals surface area contributed by atoms with E-state index < -0.39 is 38.6 Å². The number of fused-ring (bicyclic) bond motifs is 3. The number of hydrogen-bond donors (Lipinski definition) is 2. The number of benzene rings is 1. The summed E-state index contributed by atoms with van der Waals surface area (Å²) < 4.78 is 61.8. The molecular formula is C16H16F2N2O5S. The van der Waals surface area contributed by atoms with Gasteiger partial charge in [-0.2, -0.15) is 0 Å². The molecule has 0 radical (unpaired) electrons. The monoisotopic (exact) mass is 386 g/mol. The average molecular weight is 386 g/mol. The normalized spacial score (nSPS) is 25.7. The van der Waals surface area contributed by atoms with Gasteiger partial charge in [-0.15, -0.1) is 8.78 Å². The van der Waals surface area contributed by atoms with E-state index in [-0.39, 0.29) is 12.5 Å². The Balaban J connectivity index is 1.50. The molecule has 3 aliphatic heterocycles. The molecule has 0 spiro atoms. The number of nitrogens with one attached hydrogen (secondary N) is 2. The summed E-state index contributed by atoms with van der Waals surface area (Å²) in [7, 11) is -4.38. The zero-order valence-corrected chi connectivity index (χ0v) is 14.3. The Labute approximate surface area is 148 Å². The van der Waals surface area contributed by atoms with Gasteiger partial charge in [0.05, 0.1) is 0 Å². The van der Waals surface area contributed by atoms with E-state index in [1.54, 1.807) is 0 Å². The molecule has 1 fully saturated rings. The van der Waals surface area contributed by atoms with Crippen molar-refractivity contribution in [1.29, 1.82) is 0 Å². The molecule has 3 aliphatic rings. The fourth-order valence-electron chi connectivity index (χ4n) is 3.55. The number of sulfonamides is 1. The molecule has 1 amide bonds. The van der Waals surface area contributed by atoms with Gasteiger partial charge >= 0.3 is 6.29 Å². The third-order valence-electron chi connectivity index (χ3n) is 4.54. The topological polar surface area (TPSA) is 93.7 Å². The largest absolute Gasteiger partial charge is 0.586 e. The van der Waals surface area contributed by atoms with Crippen molar-refractivity contribution in [2.45, 2.75) is 49.0 Å².